The molecule has 1 amide bonds. The van der Waals surface area contributed by atoms with Crippen LogP contribution in [0.5, 0.6) is 0 Å². The topological polar surface area (TPSA) is 46.9 Å². The third-order valence-electron chi connectivity index (χ3n) is 4.29. The second kappa shape index (κ2) is 7.47. The van der Waals surface area contributed by atoms with Gasteiger partial charge in [-0.2, -0.15) is 0 Å². The van der Waals surface area contributed by atoms with E-state index < -0.39 is 0 Å². The highest BCUT2D eigenvalue weighted by molar-refractivity contribution is 5.78. The third-order valence-corrected chi connectivity index (χ3v) is 4.29. The molecule has 1 unspecified atom stereocenters. The van der Waals surface area contributed by atoms with Gasteiger partial charge in [0.2, 0.25) is 5.91 Å². The number of aryl methyl sites for hydroxylation is 2. The maximum Gasteiger partial charge on any atom is 0.220 e. The molecule has 1 N–H and O–H groups in total. The van der Waals surface area contributed by atoms with Crippen molar-refractivity contribution >= 4 is 16.9 Å². The number of carbonyl (C=O) groups is 1. The fourth-order valence-electron chi connectivity index (χ4n) is 3.09. The van der Waals surface area contributed by atoms with Crippen LogP contribution in [0.1, 0.15) is 37.7 Å². The van der Waals surface area contributed by atoms with Crippen LogP contribution in [-0.4, -0.2) is 15.5 Å². The summed E-state index contributed by atoms with van der Waals surface area (Å²) in [6.45, 7) is 4.79. The number of benzene rings is 2. The van der Waals surface area contributed by atoms with Crippen molar-refractivity contribution in [3.8, 4) is 0 Å². The Labute approximate surface area is 146 Å². The minimum atomic E-state index is -0.275. The second-order valence-electron chi connectivity index (χ2n) is 6.12. The second-order valence-corrected chi connectivity index (χ2v) is 6.12. The fourth-order valence-corrected chi connectivity index (χ4v) is 3.09. The highest BCUT2D eigenvalue weighted by Gasteiger charge is 2.17. The van der Waals surface area contributed by atoms with Crippen molar-refractivity contribution in [2.24, 2.45) is 0 Å². The molecule has 0 spiro atoms. The first-order valence-electron chi connectivity index (χ1n) is 8.57. The number of para-hydroxylation sites is 2. The quantitative estimate of drug-likeness (QED) is 0.738. The molecular formula is C20H22FN3O. The van der Waals surface area contributed by atoms with Gasteiger partial charge in [-0.05, 0) is 50.1 Å². The summed E-state index contributed by atoms with van der Waals surface area (Å²) >= 11 is 0. The SMILES string of the molecule is CCn1c(C(C)NC(=O)CCc2cccc(F)c2)nc2ccccc21. The van der Waals surface area contributed by atoms with Crippen molar-refractivity contribution in [3.63, 3.8) is 0 Å². The smallest absolute Gasteiger partial charge is 0.220 e. The van der Waals surface area contributed by atoms with Crippen molar-refractivity contribution in [2.75, 3.05) is 0 Å². The van der Waals surface area contributed by atoms with Gasteiger partial charge >= 0.3 is 0 Å². The summed E-state index contributed by atoms with van der Waals surface area (Å²) in [6, 6.07) is 14.1. The molecule has 0 saturated heterocycles. The summed E-state index contributed by atoms with van der Waals surface area (Å²) in [5, 5.41) is 3.00. The lowest BCUT2D eigenvalue weighted by Crippen LogP contribution is -2.28. The Balaban J connectivity index is 1.67. The average molecular weight is 339 g/mol. The average Bonchev–Trinajstić information content (AvgIpc) is 2.99. The van der Waals surface area contributed by atoms with Crippen LogP contribution in [-0.2, 0) is 17.8 Å². The van der Waals surface area contributed by atoms with Gasteiger partial charge in [0.15, 0.2) is 0 Å². The normalized spacial score (nSPS) is 12.3. The lowest BCUT2D eigenvalue weighted by Gasteiger charge is -2.15. The van der Waals surface area contributed by atoms with Gasteiger partial charge in [-0.1, -0.05) is 24.3 Å². The number of fused-ring (bicyclic) bond motifs is 1. The van der Waals surface area contributed by atoms with Gasteiger partial charge in [-0.15, -0.1) is 0 Å². The van der Waals surface area contributed by atoms with Crippen LogP contribution in [0.3, 0.4) is 0 Å². The fraction of sp³-hybridized carbons (Fsp3) is 0.300. The molecule has 5 heteroatoms. The molecule has 3 aromatic rings. The number of nitrogens with one attached hydrogen (secondary N) is 1. The number of rotatable bonds is 6. The van der Waals surface area contributed by atoms with Crippen LogP contribution < -0.4 is 5.32 Å². The molecule has 0 aliphatic carbocycles. The Morgan fingerprint density at radius 1 is 1.24 bits per heavy atom. The number of amides is 1. The maximum absolute atomic E-state index is 13.2. The highest BCUT2D eigenvalue weighted by atomic mass is 19.1. The summed E-state index contributed by atoms with van der Waals surface area (Å²) < 4.78 is 15.3. The molecule has 2 aromatic carbocycles. The first kappa shape index (κ1) is 17.1. The van der Waals surface area contributed by atoms with Crippen LogP contribution in [0.2, 0.25) is 0 Å². The molecule has 1 atom stereocenters. The number of halogens is 1. The molecular weight excluding hydrogens is 317 g/mol. The molecule has 1 aromatic heterocycles. The number of hydrogen-bond donors (Lipinski definition) is 1. The Bertz CT molecular complexity index is 888. The molecule has 25 heavy (non-hydrogen) atoms. The molecule has 0 fully saturated rings. The summed E-state index contributed by atoms with van der Waals surface area (Å²) in [4.78, 5) is 16.9. The Hall–Kier alpha value is -2.69. The van der Waals surface area contributed by atoms with E-state index in [1.165, 1.54) is 12.1 Å². The van der Waals surface area contributed by atoms with E-state index in [0.717, 1.165) is 29.0 Å². The Kier molecular flexibility index (Phi) is 5.12. The minimum Gasteiger partial charge on any atom is -0.346 e. The largest absolute Gasteiger partial charge is 0.346 e. The van der Waals surface area contributed by atoms with E-state index in [4.69, 9.17) is 0 Å². The summed E-state index contributed by atoms with van der Waals surface area (Å²) in [5.41, 5.74) is 2.82. The standard InChI is InChI=1S/C20H22FN3O/c1-3-24-18-10-5-4-9-17(18)23-20(24)14(2)22-19(25)12-11-15-7-6-8-16(21)13-15/h4-10,13-14H,3,11-12H2,1-2H3,(H,22,25). The molecule has 0 bridgehead atoms. The van der Waals surface area contributed by atoms with Gasteiger partial charge in [-0.25, -0.2) is 9.37 Å². The Morgan fingerprint density at radius 3 is 2.80 bits per heavy atom. The summed E-state index contributed by atoms with van der Waals surface area (Å²) in [7, 11) is 0. The highest BCUT2D eigenvalue weighted by Crippen LogP contribution is 2.20. The van der Waals surface area contributed by atoms with E-state index in [0.29, 0.717) is 12.8 Å². The van der Waals surface area contributed by atoms with Gasteiger partial charge in [0.05, 0.1) is 17.1 Å². The van der Waals surface area contributed by atoms with Crippen molar-refractivity contribution in [1.29, 1.82) is 0 Å². The third kappa shape index (κ3) is 3.87. The molecule has 4 nitrogen and oxygen atoms in total. The summed E-state index contributed by atoms with van der Waals surface area (Å²) in [6.07, 6.45) is 0.834. The van der Waals surface area contributed by atoms with Gasteiger partial charge in [0.1, 0.15) is 11.6 Å². The van der Waals surface area contributed by atoms with Crippen molar-refractivity contribution < 1.29 is 9.18 Å². The van der Waals surface area contributed by atoms with Crippen LogP contribution in [0.25, 0.3) is 11.0 Å². The van der Waals surface area contributed by atoms with E-state index in [1.807, 2.05) is 37.3 Å². The van der Waals surface area contributed by atoms with Crippen molar-refractivity contribution in [2.45, 2.75) is 39.3 Å². The molecule has 0 aliphatic heterocycles. The number of hydrogen-bond acceptors (Lipinski definition) is 2. The van der Waals surface area contributed by atoms with Crippen LogP contribution in [0.4, 0.5) is 4.39 Å². The van der Waals surface area contributed by atoms with E-state index >= 15 is 0 Å². The van der Waals surface area contributed by atoms with Crippen LogP contribution in [0.15, 0.2) is 48.5 Å². The van der Waals surface area contributed by atoms with Gasteiger partial charge in [0, 0.05) is 13.0 Å². The molecule has 0 radical (unpaired) electrons. The molecule has 0 saturated carbocycles. The zero-order valence-electron chi connectivity index (χ0n) is 14.5. The summed E-state index contributed by atoms with van der Waals surface area (Å²) in [5.74, 6) is 0.511. The van der Waals surface area contributed by atoms with E-state index in [1.54, 1.807) is 6.07 Å². The number of aromatic nitrogens is 2. The number of nitrogens with zero attached hydrogens (tertiary/aromatic N) is 2. The van der Waals surface area contributed by atoms with Crippen molar-refractivity contribution in [1.82, 2.24) is 14.9 Å². The van der Waals surface area contributed by atoms with Gasteiger partial charge < -0.3 is 9.88 Å². The lowest BCUT2D eigenvalue weighted by atomic mass is 10.1. The Morgan fingerprint density at radius 2 is 2.04 bits per heavy atom. The zero-order valence-corrected chi connectivity index (χ0v) is 14.5. The molecule has 3 rings (SSSR count). The molecule has 130 valence electrons. The predicted octanol–water partition coefficient (Wildman–Crippen LogP) is 4.01. The maximum atomic E-state index is 13.2. The molecule has 0 aliphatic rings. The number of imidazole rings is 1. The lowest BCUT2D eigenvalue weighted by molar-refractivity contribution is -0.121. The number of carbonyl (C=O) groups excluding carboxylic acids is 1. The minimum absolute atomic E-state index is 0.0635. The van der Waals surface area contributed by atoms with Crippen molar-refractivity contribution in [3.05, 3.63) is 65.7 Å². The van der Waals surface area contributed by atoms with Crippen LogP contribution in [0, 0.1) is 5.82 Å². The van der Waals surface area contributed by atoms with E-state index in [-0.39, 0.29) is 17.8 Å². The zero-order chi connectivity index (χ0) is 17.8. The van der Waals surface area contributed by atoms with E-state index in [9.17, 15) is 9.18 Å². The first-order valence-corrected chi connectivity index (χ1v) is 8.57. The van der Waals surface area contributed by atoms with Gasteiger partial charge in [0.25, 0.3) is 0 Å². The predicted molar refractivity (Wildman–Crippen MR) is 96.7 cm³/mol. The first-order chi connectivity index (χ1) is 12.1. The van der Waals surface area contributed by atoms with Crippen LogP contribution >= 0.6 is 0 Å². The van der Waals surface area contributed by atoms with Gasteiger partial charge in [-0.3, -0.25) is 4.79 Å². The molecule has 1 heterocycles. The monoisotopic (exact) mass is 339 g/mol. The van der Waals surface area contributed by atoms with E-state index in [2.05, 4.69) is 21.8 Å².